The fourth-order valence-electron chi connectivity index (χ4n) is 2.56. The van der Waals surface area contributed by atoms with Gasteiger partial charge in [0.2, 0.25) is 5.91 Å². The van der Waals surface area contributed by atoms with E-state index in [1.54, 1.807) is 35.3 Å². The van der Waals surface area contributed by atoms with Gasteiger partial charge < -0.3 is 5.32 Å². The van der Waals surface area contributed by atoms with Gasteiger partial charge in [-0.15, -0.1) is 0 Å². The van der Waals surface area contributed by atoms with Crippen molar-refractivity contribution in [1.82, 2.24) is 14.8 Å². The molecule has 3 rings (SSSR count). The molecule has 1 aromatic carbocycles. The van der Waals surface area contributed by atoms with Crippen LogP contribution in [0.15, 0.2) is 35.5 Å². The molecule has 0 atom stereocenters. The fraction of sp³-hybridized carbons (Fsp3) is 0.235. The van der Waals surface area contributed by atoms with Gasteiger partial charge >= 0.3 is 0 Å². The van der Waals surface area contributed by atoms with Gasteiger partial charge in [0.05, 0.1) is 27.4 Å². The Balaban J connectivity index is 2.16. The molecule has 0 bridgehead atoms. The fourth-order valence-corrected chi connectivity index (χ4v) is 4.42. The highest BCUT2D eigenvalue weighted by atomic mass is 32.2. The van der Waals surface area contributed by atoms with Gasteiger partial charge in [-0.05, 0) is 37.1 Å². The van der Waals surface area contributed by atoms with Crippen LogP contribution in [0.1, 0.15) is 18.2 Å². The summed E-state index contributed by atoms with van der Waals surface area (Å²) in [6.07, 6.45) is 4.62. The van der Waals surface area contributed by atoms with Crippen molar-refractivity contribution in [3.8, 4) is 16.1 Å². The monoisotopic (exact) mass is 390 g/mol. The van der Waals surface area contributed by atoms with E-state index in [9.17, 15) is 13.2 Å². The molecule has 0 saturated carbocycles. The van der Waals surface area contributed by atoms with E-state index in [4.69, 9.17) is 0 Å². The number of carbonyl (C=O) groups is 1. The zero-order valence-electron chi connectivity index (χ0n) is 14.8. The number of rotatable bonds is 4. The van der Waals surface area contributed by atoms with Gasteiger partial charge in [0.1, 0.15) is 0 Å². The molecule has 2 heterocycles. The van der Waals surface area contributed by atoms with Crippen molar-refractivity contribution >= 4 is 32.2 Å². The number of aromatic nitrogens is 3. The molecule has 2 aromatic heterocycles. The van der Waals surface area contributed by atoms with Crippen LogP contribution < -0.4 is 5.32 Å². The SMILES string of the molecule is CC(=O)Nc1nc(C)c(-c2ccc(S(C)(=O)=O)c(-n3cc(C)cn3)c2)s1. The lowest BCUT2D eigenvalue weighted by atomic mass is 10.1. The highest BCUT2D eigenvalue weighted by Crippen LogP contribution is 2.35. The van der Waals surface area contributed by atoms with Crippen molar-refractivity contribution in [2.75, 3.05) is 11.6 Å². The predicted octanol–water partition coefficient (Wildman–Crippen LogP) is 2.97. The molecule has 0 radical (unpaired) electrons. The molecular formula is C17H18N4O3S2. The highest BCUT2D eigenvalue weighted by Gasteiger charge is 2.18. The average molecular weight is 390 g/mol. The second kappa shape index (κ2) is 6.65. The van der Waals surface area contributed by atoms with Crippen LogP contribution >= 0.6 is 11.3 Å². The van der Waals surface area contributed by atoms with Gasteiger partial charge in [-0.25, -0.2) is 18.1 Å². The number of hydrogen-bond acceptors (Lipinski definition) is 6. The number of aryl methyl sites for hydroxylation is 2. The van der Waals surface area contributed by atoms with Crippen LogP contribution in [-0.4, -0.2) is 35.3 Å². The molecule has 0 aliphatic heterocycles. The molecule has 0 spiro atoms. The summed E-state index contributed by atoms with van der Waals surface area (Å²) in [5.41, 5.74) is 2.98. The molecule has 0 aliphatic rings. The molecule has 136 valence electrons. The first kappa shape index (κ1) is 18.3. The van der Waals surface area contributed by atoms with Crippen LogP contribution in [0.4, 0.5) is 5.13 Å². The molecule has 3 aromatic rings. The molecule has 0 unspecified atom stereocenters. The Morgan fingerprint density at radius 2 is 2.00 bits per heavy atom. The summed E-state index contributed by atoms with van der Waals surface area (Å²) in [6.45, 7) is 5.16. The second-order valence-electron chi connectivity index (χ2n) is 6.03. The van der Waals surface area contributed by atoms with Crippen LogP contribution in [0, 0.1) is 13.8 Å². The molecule has 0 saturated heterocycles. The van der Waals surface area contributed by atoms with E-state index in [-0.39, 0.29) is 10.8 Å². The van der Waals surface area contributed by atoms with Gasteiger partial charge in [0.25, 0.3) is 0 Å². The normalized spacial score (nSPS) is 11.5. The Labute approximate surface area is 155 Å². The number of anilines is 1. The summed E-state index contributed by atoms with van der Waals surface area (Å²) in [4.78, 5) is 16.7. The first-order chi connectivity index (χ1) is 12.1. The minimum atomic E-state index is -3.42. The summed E-state index contributed by atoms with van der Waals surface area (Å²) < 4.78 is 25.9. The summed E-state index contributed by atoms with van der Waals surface area (Å²) in [5.74, 6) is -0.189. The van der Waals surface area contributed by atoms with Gasteiger partial charge in [-0.3, -0.25) is 4.79 Å². The van der Waals surface area contributed by atoms with Gasteiger partial charge in [-0.1, -0.05) is 17.4 Å². The second-order valence-corrected chi connectivity index (χ2v) is 9.01. The number of thiazole rings is 1. The van der Waals surface area contributed by atoms with Crippen molar-refractivity contribution in [3.63, 3.8) is 0 Å². The molecule has 9 heteroatoms. The maximum absolute atomic E-state index is 12.2. The topological polar surface area (TPSA) is 94.0 Å². The summed E-state index contributed by atoms with van der Waals surface area (Å²) in [5, 5.41) is 7.43. The van der Waals surface area contributed by atoms with Crippen LogP contribution in [0.25, 0.3) is 16.1 Å². The maximum atomic E-state index is 12.2. The van der Waals surface area contributed by atoms with Crippen molar-refractivity contribution < 1.29 is 13.2 Å². The standard InChI is InChI=1S/C17H18N4O3S2/c1-10-8-18-21(9-10)14-7-13(5-6-15(14)26(4,23)24)16-11(2)19-17(25-16)20-12(3)22/h5-9H,1-4H3,(H,19,20,22). The average Bonchev–Trinajstić information content (AvgIpc) is 3.11. The molecule has 7 nitrogen and oxygen atoms in total. The van der Waals surface area contributed by atoms with Crippen molar-refractivity contribution in [2.45, 2.75) is 25.7 Å². The summed E-state index contributed by atoms with van der Waals surface area (Å²) in [7, 11) is -3.42. The highest BCUT2D eigenvalue weighted by molar-refractivity contribution is 7.90. The molecule has 0 aliphatic carbocycles. The van der Waals surface area contributed by atoms with Crippen LogP contribution in [0.2, 0.25) is 0 Å². The Hall–Kier alpha value is -2.52. The number of hydrogen-bond donors (Lipinski definition) is 1. The van der Waals surface area contributed by atoms with Gasteiger partial charge in [0, 0.05) is 19.4 Å². The van der Waals surface area contributed by atoms with E-state index in [2.05, 4.69) is 15.4 Å². The Kier molecular flexibility index (Phi) is 4.68. The third-order valence-electron chi connectivity index (χ3n) is 3.66. The Bertz CT molecular complexity index is 1100. The van der Waals surface area contributed by atoms with Crippen LogP contribution in [0.5, 0.6) is 0 Å². The van der Waals surface area contributed by atoms with Crippen molar-refractivity contribution in [3.05, 3.63) is 41.9 Å². The zero-order chi connectivity index (χ0) is 19.1. The third-order valence-corrected chi connectivity index (χ3v) is 5.92. The van der Waals surface area contributed by atoms with E-state index in [0.717, 1.165) is 21.7 Å². The lowest BCUT2D eigenvalue weighted by molar-refractivity contribution is -0.114. The van der Waals surface area contributed by atoms with Gasteiger partial charge in [0.15, 0.2) is 15.0 Å². The third kappa shape index (κ3) is 3.68. The number of benzene rings is 1. The van der Waals surface area contributed by atoms with E-state index >= 15 is 0 Å². The number of nitrogens with zero attached hydrogens (tertiary/aromatic N) is 3. The van der Waals surface area contributed by atoms with E-state index in [0.29, 0.717) is 10.8 Å². The van der Waals surface area contributed by atoms with E-state index < -0.39 is 9.84 Å². The minimum Gasteiger partial charge on any atom is -0.302 e. The quantitative estimate of drug-likeness (QED) is 0.739. The summed E-state index contributed by atoms with van der Waals surface area (Å²) in [6, 6.07) is 5.10. The number of carbonyl (C=O) groups excluding carboxylic acids is 1. The molecule has 1 N–H and O–H groups in total. The molecule has 0 fully saturated rings. The Morgan fingerprint density at radius 1 is 1.27 bits per heavy atom. The number of sulfone groups is 1. The Morgan fingerprint density at radius 3 is 2.58 bits per heavy atom. The molecule has 1 amide bonds. The lowest BCUT2D eigenvalue weighted by Crippen LogP contribution is -2.06. The smallest absolute Gasteiger partial charge is 0.223 e. The largest absolute Gasteiger partial charge is 0.302 e. The van der Waals surface area contributed by atoms with E-state index in [1.165, 1.54) is 24.5 Å². The van der Waals surface area contributed by atoms with Crippen molar-refractivity contribution in [1.29, 1.82) is 0 Å². The maximum Gasteiger partial charge on any atom is 0.223 e. The van der Waals surface area contributed by atoms with Crippen molar-refractivity contribution in [2.24, 2.45) is 0 Å². The van der Waals surface area contributed by atoms with Crippen LogP contribution in [0.3, 0.4) is 0 Å². The zero-order valence-corrected chi connectivity index (χ0v) is 16.4. The van der Waals surface area contributed by atoms with Crippen LogP contribution in [-0.2, 0) is 14.6 Å². The van der Waals surface area contributed by atoms with E-state index in [1.807, 2.05) is 13.8 Å². The first-order valence-corrected chi connectivity index (χ1v) is 10.5. The first-order valence-electron chi connectivity index (χ1n) is 7.76. The lowest BCUT2D eigenvalue weighted by Gasteiger charge is -2.10. The molecular weight excluding hydrogens is 372 g/mol. The number of amides is 1. The predicted molar refractivity (Wildman–Crippen MR) is 102 cm³/mol. The summed E-state index contributed by atoms with van der Waals surface area (Å²) >= 11 is 1.34. The number of nitrogens with one attached hydrogen (secondary N) is 1. The minimum absolute atomic E-state index is 0.189. The van der Waals surface area contributed by atoms with Gasteiger partial charge in [-0.2, -0.15) is 5.10 Å². The molecule has 26 heavy (non-hydrogen) atoms.